The molecule has 182 valence electrons. The number of nitrogens with zero attached hydrogens (tertiary/aromatic N) is 5. The number of fused-ring (bicyclic) bond motifs is 1. The van der Waals surface area contributed by atoms with Crippen LogP contribution in [0.2, 0.25) is 0 Å². The van der Waals surface area contributed by atoms with E-state index in [1.807, 2.05) is 49.4 Å². The molecule has 0 radical (unpaired) electrons. The van der Waals surface area contributed by atoms with Crippen LogP contribution in [-0.2, 0) is 16.4 Å². The number of nitriles is 1. The van der Waals surface area contributed by atoms with Crippen molar-refractivity contribution in [1.82, 2.24) is 19.9 Å². The van der Waals surface area contributed by atoms with Crippen LogP contribution in [0, 0.1) is 18.3 Å². The number of sulfone groups is 1. The maximum Gasteiger partial charge on any atom is 0.192 e. The van der Waals surface area contributed by atoms with Gasteiger partial charge < -0.3 is 5.32 Å². The first-order chi connectivity index (χ1) is 17.8. The largest absolute Gasteiger partial charge is 0.365 e. The third-order valence-corrected chi connectivity index (χ3v) is 6.91. The number of benzene rings is 1. The van der Waals surface area contributed by atoms with E-state index in [1.54, 1.807) is 24.7 Å². The molecule has 1 N–H and O–H groups in total. The smallest absolute Gasteiger partial charge is 0.192 e. The summed E-state index contributed by atoms with van der Waals surface area (Å²) in [6.07, 6.45) is 7.76. The standard InChI is InChI=1S/C28H22N6O2S/c1-18-11-20(5-8-30-18)24-4-3-19(12-23(24)15-29)16-34-28-25-17-33-26(13-21(25)6-10-32-28)22-7-9-31-27(14-22)37(2,35)36/h3-14,17H,16H2,1-2H3,(H,32,34). The maximum absolute atomic E-state index is 11.9. The van der Waals surface area contributed by atoms with E-state index in [2.05, 4.69) is 31.3 Å². The van der Waals surface area contributed by atoms with E-state index in [-0.39, 0.29) is 5.03 Å². The molecule has 0 saturated heterocycles. The lowest BCUT2D eigenvalue weighted by Gasteiger charge is -2.11. The Labute approximate surface area is 214 Å². The van der Waals surface area contributed by atoms with Gasteiger partial charge in [-0.15, -0.1) is 0 Å². The van der Waals surface area contributed by atoms with Gasteiger partial charge in [-0.3, -0.25) is 9.97 Å². The fraction of sp³-hybridized carbons (Fsp3) is 0.107. The highest BCUT2D eigenvalue weighted by Crippen LogP contribution is 2.28. The molecule has 1 aromatic carbocycles. The fourth-order valence-corrected chi connectivity index (χ4v) is 4.68. The van der Waals surface area contributed by atoms with Gasteiger partial charge in [-0.1, -0.05) is 12.1 Å². The lowest BCUT2D eigenvalue weighted by Crippen LogP contribution is -2.03. The Morgan fingerprint density at radius 3 is 2.46 bits per heavy atom. The Balaban J connectivity index is 1.40. The molecule has 0 saturated carbocycles. The van der Waals surface area contributed by atoms with Crippen LogP contribution in [0.3, 0.4) is 0 Å². The Kier molecular flexibility index (Phi) is 6.34. The maximum atomic E-state index is 11.9. The van der Waals surface area contributed by atoms with Crippen molar-refractivity contribution in [3.05, 3.63) is 96.2 Å². The molecule has 37 heavy (non-hydrogen) atoms. The minimum Gasteiger partial charge on any atom is -0.365 e. The van der Waals surface area contributed by atoms with Crippen molar-refractivity contribution >= 4 is 26.4 Å². The summed E-state index contributed by atoms with van der Waals surface area (Å²) in [6, 6.07) is 19.0. The first-order valence-electron chi connectivity index (χ1n) is 11.4. The highest BCUT2D eigenvalue weighted by molar-refractivity contribution is 7.90. The molecule has 0 aliphatic carbocycles. The molecule has 0 atom stereocenters. The van der Waals surface area contributed by atoms with Gasteiger partial charge in [-0.25, -0.2) is 18.4 Å². The molecule has 0 unspecified atom stereocenters. The Morgan fingerprint density at radius 1 is 0.892 bits per heavy atom. The van der Waals surface area contributed by atoms with Gasteiger partial charge in [-0.2, -0.15) is 5.26 Å². The molecule has 4 heterocycles. The van der Waals surface area contributed by atoms with E-state index in [0.29, 0.717) is 29.2 Å². The number of anilines is 1. The summed E-state index contributed by atoms with van der Waals surface area (Å²) in [5, 5.41) is 14.8. The van der Waals surface area contributed by atoms with Crippen LogP contribution in [0.25, 0.3) is 33.2 Å². The molecule has 0 fully saturated rings. The van der Waals surface area contributed by atoms with E-state index < -0.39 is 9.84 Å². The summed E-state index contributed by atoms with van der Waals surface area (Å²) in [7, 11) is -3.42. The Bertz CT molecular complexity index is 1800. The van der Waals surface area contributed by atoms with Crippen molar-refractivity contribution < 1.29 is 8.42 Å². The van der Waals surface area contributed by atoms with Crippen molar-refractivity contribution in [3.8, 4) is 28.5 Å². The predicted octanol–water partition coefficient (Wildman–Crippen LogP) is 4.95. The summed E-state index contributed by atoms with van der Waals surface area (Å²) in [5.74, 6) is 0.662. The molecule has 5 rings (SSSR count). The molecule has 0 spiro atoms. The Morgan fingerprint density at radius 2 is 1.68 bits per heavy atom. The second kappa shape index (κ2) is 9.76. The van der Waals surface area contributed by atoms with Crippen LogP contribution in [0.1, 0.15) is 16.8 Å². The third-order valence-electron chi connectivity index (χ3n) is 5.93. The molecule has 0 aliphatic rings. The van der Waals surface area contributed by atoms with E-state index >= 15 is 0 Å². The van der Waals surface area contributed by atoms with E-state index in [9.17, 15) is 13.7 Å². The summed E-state index contributed by atoms with van der Waals surface area (Å²) >= 11 is 0. The topological polar surface area (TPSA) is 122 Å². The van der Waals surface area contributed by atoms with E-state index in [0.717, 1.165) is 39.4 Å². The van der Waals surface area contributed by atoms with Crippen LogP contribution >= 0.6 is 0 Å². The van der Waals surface area contributed by atoms with Crippen molar-refractivity contribution in [2.75, 3.05) is 11.6 Å². The molecule has 9 heteroatoms. The number of pyridine rings is 4. The minimum atomic E-state index is -3.42. The van der Waals surface area contributed by atoms with Gasteiger partial charge in [0.15, 0.2) is 14.9 Å². The highest BCUT2D eigenvalue weighted by Gasteiger charge is 2.12. The fourth-order valence-electron chi connectivity index (χ4n) is 4.08. The third kappa shape index (κ3) is 5.15. The molecule has 4 aromatic heterocycles. The van der Waals surface area contributed by atoms with Gasteiger partial charge in [0.25, 0.3) is 0 Å². The zero-order valence-corrected chi connectivity index (χ0v) is 21.0. The molecule has 0 amide bonds. The quantitative estimate of drug-likeness (QED) is 0.343. The second-order valence-electron chi connectivity index (χ2n) is 8.64. The van der Waals surface area contributed by atoms with Gasteiger partial charge in [0, 0.05) is 54.2 Å². The summed E-state index contributed by atoms with van der Waals surface area (Å²) in [4.78, 5) is 17.2. The first-order valence-corrected chi connectivity index (χ1v) is 13.3. The molecule has 8 nitrogen and oxygen atoms in total. The summed E-state index contributed by atoms with van der Waals surface area (Å²) in [5.41, 5.74) is 5.55. The summed E-state index contributed by atoms with van der Waals surface area (Å²) in [6.45, 7) is 2.40. The van der Waals surface area contributed by atoms with Crippen molar-refractivity contribution in [3.63, 3.8) is 0 Å². The van der Waals surface area contributed by atoms with Crippen molar-refractivity contribution in [1.29, 1.82) is 5.26 Å². The van der Waals surface area contributed by atoms with Gasteiger partial charge in [0.2, 0.25) is 0 Å². The lowest BCUT2D eigenvalue weighted by atomic mass is 9.98. The average molecular weight is 507 g/mol. The number of hydrogen-bond acceptors (Lipinski definition) is 8. The lowest BCUT2D eigenvalue weighted by molar-refractivity contribution is 0.598. The SMILES string of the molecule is Cc1cc(-c2ccc(CNc3nccc4cc(-c5ccnc(S(C)(=O)=O)c5)ncc34)cc2C#N)ccn1. The predicted molar refractivity (Wildman–Crippen MR) is 142 cm³/mol. The van der Waals surface area contributed by atoms with Gasteiger partial charge in [-0.05, 0) is 71.5 Å². The highest BCUT2D eigenvalue weighted by atomic mass is 32.2. The van der Waals surface area contributed by atoms with Crippen molar-refractivity contribution in [2.45, 2.75) is 18.5 Å². The first kappa shape index (κ1) is 24.0. The van der Waals surface area contributed by atoms with Crippen LogP contribution < -0.4 is 5.32 Å². The number of aryl methyl sites for hydroxylation is 1. The van der Waals surface area contributed by atoms with Gasteiger partial charge in [0.1, 0.15) is 5.82 Å². The number of hydrogen-bond donors (Lipinski definition) is 1. The molecule has 5 aromatic rings. The number of nitrogens with one attached hydrogen (secondary N) is 1. The van der Waals surface area contributed by atoms with Gasteiger partial charge in [0.05, 0.1) is 17.3 Å². The molecule has 0 bridgehead atoms. The van der Waals surface area contributed by atoms with Crippen LogP contribution in [0.4, 0.5) is 5.82 Å². The zero-order chi connectivity index (χ0) is 26.0. The summed E-state index contributed by atoms with van der Waals surface area (Å²) < 4.78 is 23.8. The monoisotopic (exact) mass is 506 g/mol. The minimum absolute atomic E-state index is 0.00537. The van der Waals surface area contributed by atoms with Crippen LogP contribution in [0.5, 0.6) is 0 Å². The average Bonchev–Trinajstić information content (AvgIpc) is 2.91. The number of rotatable bonds is 6. The van der Waals surface area contributed by atoms with Crippen molar-refractivity contribution in [2.24, 2.45) is 0 Å². The molecular weight excluding hydrogens is 484 g/mol. The molecule has 0 aliphatic heterocycles. The molecular formula is C28H22N6O2S. The van der Waals surface area contributed by atoms with E-state index in [4.69, 9.17) is 0 Å². The second-order valence-corrected chi connectivity index (χ2v) is 10.6. The van der Waals surface area contributed by atoms with Gasteiger partial charge >= 0.3 is 0 Å². The van der Waals surface area contributed by atoms with E-state index in [1.165, 1.54) is 12.3 Å². The zero-order valence-electron chi connectivity index (χ0n) is 20.2. The van der Waals surface area contributed by atoms with Crippen LogP contribution in [0.15, 0.2) is 84.4 Å². The normalized spacial score (nSPS) is 11.3. The number of aromatic nitrogens is 4. The van der Waals surface area contributed by atoms with Crippen LogP contribution in [-0.4, -0.2) is 34.6 Å². The Hall–Kier alpha value is -4.68.